The van der Waals surface area contributed by atoms with Gasteiger partial charge in [-0.05, 0) is 43.4 Å². The monoisotopic (exact) mass is 295 g/mol. The number of amides is 1. The molecule has 21 heavy (non-hydrogen) atoms. The predicted octanol–water partition coefficient (Wildman–Crippen LogP) is 1.99. The highest BCUT2D eigenvalue weighted by Crippen LogP contribution is 2.42. The number of hydrogen-bond acceptors (Lipinski definition) is 3. The molecule has 0 aliphatic heterocycles. The highest BCUT2D eigenvalue weighted by Gasteiger charge is 2.52. The molecule has 3 N–H and O–H groups in total. The maximum Gasteiger partial charge on any atom is 0.239 e. The highest BCUT2D eigenvalue weighted by molar-refractivity contribution is 5.86. The van der Waals surface area contributed by atoms with E-state index >= 15 is 0 Å². The zero-order valence-corrected chi connectivity index (χ0v) is 14.2. The van der Waals surface area contributed by atoms with Crippen LogP contribution in [0.4, 0.5) is 0 Å². The van der Waals surface area contributed by atoms with Crippen LogP contribution in [0.1, 0.15) is 53.4 Å². The fourth-order valence-corrected chi connectivity index (χ4v) is 3.40. The smallest absolute Gasteiger partial charge is 0.239 e. The summed E-state index contributed by atoms with van der Waals surface area (Å²) in [7, 11) is 0. The van der Waals surface area contributed by atoms with Crippen LogP contribution >= 0.6 is 0 Å². The van der Waals surface area contributed by atoms with Gasteiger partial charge in [-0.15, -0.1) is 0 Å². The molecule has 122 valence electrons. The minimum absolute atomic E-state index is 0.144. The van der Waals surface area contributed by atoms with Gasteiger partial charge in [0.2, 0.25) is 5.91 Å². The van der Waals surface area contributed by atoms with Crippen LogP contribution in [0.2, 0.25) is 0 Å². The summed E-state index contributed by atoms with van der Waals surface area (Å²) in [6.45, 7) is 11.8. The van der Waals surface area contributed by atoms with E-state index < -0.39 is 5.54 Å². The maximum absolute atomic E-state index is 12.3. The SMILES string of the molecule is CC(C)CN(CC(C)C)CC(NC1CC1)(C(N)=O)C1CC1. The lowest BCUT2D eigenvalue weighted by Crippen LogP contribution is -2.64. The van der Waals surface area contributed by atoms with E-state index in [0.29, 0.717) is 23.8 Å². The third-order valence-corrected chi connectivity index (χ3v) is 4.47. The quantitative estimate of drug-likeness (QED) is 0.648. The minimum atomic E-state index is -0.495. The molecule has 0 aromatic heterocycles. The fourth-order valence-electron chi connectivity index (χ4n) is 3.40. The maximum atomic E-state index is 12.3. The number of rotatable bonds is 10. The molecule has 2 fully saturated rings. The fraction of sp³-hybridized carbons (Fsp3) is 0.941. The van der Waals surface area contributed by atoms with Gasteiger partial charge in [0.05, 0.1) is 0 Å². The van der Waals surface area contributed by atoms with Crippen molar-refractivity contribution in [3.8, 4) is 0 Å². The zero-order chi connectivity index (χ0) is 15.6. The molecule has 4 heteroatoms. The standard InChI is InChI=1S/C17H33N3O/c1-12(2)9-20(10-13(3)4)11-17(16(18)21,14-5-6-14)19-15-7-8-15/h12-15,19H,5-11H2,1-4H3,(H2,18,21). The number of nitrogens with two attached hydrogens (primary N) is 1. The predicted molar refractivity (Wildman–Crippen MR) is 86.9 cm³/mol. The molecule has 0 heterocycles. The molecule has 1 atom stereocenters. The van der Waals surface area contributed by atoms with Gasteiger partial charge in [0.1, 0.15) is 5.54 Å². The number of hydrogen-bond donors (Lipinski definition) is 2. The van der Waals surface area contributed by atoms with Gasteiger partial charge < -0.3 is 10.6 Å². The van der Waals surface area contributed by atoms with Crippen LogP contribution in [-0.4, -0.2) is 42.0 Å². The van der Waals surface area contributed by atoms with Gasteiger partial charge in [-0.25, -0.2) is 0 Å². The van der Waals surface area contributed by atoms with Crippen molar-refractivity contribution in [1.29, 1.82) is 0 Å². The van der Waals surface area contributed by atoms with E-state index in [1.54, 1.807) is 0 Å². The largest absolute Gasteiger partial charge is 0.368 e. The summed E-state index contributed by atoms with van der Waals surface area (Å²) in [5, 5.41) is 3.63. The van der Waals surface area contributed by atoms with Crippen LogP contribution in [0.25, 0.3) is 0 Å². The second-order valence-corrected chi connectivity index (χ2v) is 8.01. The molecule has 0 aromatic rings. The Morgan fingerprint density at radius 2 is 1.67 bits per heavy atom. The summed E-state index contributed by atoms with van der Waals surface area (Å²) < 4.78 is 0. The van der Waals surface area contributed by atoms with Crippen LogP contribution in [0.5, 0.6) is 0 Å². The average molecular weight is 295 g/mol. The molecule has 2 rings (SSSR count). The Kier molecular flexibility index (Phi) is 5.31. The normalized spacial score (nSPS) is 22.0. The van der Waals surface area contributed by atoms with Crippen molar-refractivity contribution in [2.24, 2.45) is 23.5 Å². The Balaban J connectivity index is 2.11. The Hall–Kier alpha value is -0.610. The zero-order valence-electron chi connectivity index (χ0n) is 14.2. The van der Waals surface area contributed by atoms with E-state index in [9.17, 15) is 4.79 Å². The number of carbonyl (C=O) groups is 1. The molecular formula is C17H33N3O. The Bertz CT molecular complexity index is 351. The van der Waals surface area contributed by atoms with Crippen molar-refractivity contribution in [1.82, 2.24) is 10.2 Å². The Labute approximate surface area is 129 Å². The first-order valence-corrected chi connectivity index (χ1v) is 8.63. The number of nitrogens with one attached hydrogen (secondary N) is 1. The van der Waals surface area contributed by atoms with Crippen molar-refractivity contribution in [3.05, 3.63) is 0 Å². The van der Waals surface area contributed by atoms with Crippen molar-refractivity contribution < 1.29 is 4.79 Å². The van der Waals surface area contributed by atoms with Crippen molar-refractivity contribution in [3.63, 3.8) is 0 Å². The Morgan fingerprint density at radius 3 is 2.00 bits per heavy atom. The topological polar surface area (TPSA) is 58.4 Å². The van der Waals surface area contributed by atoms with E-state index in [4.69, 9.17) is 5.73 Å². The van der Waals surface area contributed by atoms with E-state index in [-0.39, 0.29) is 5.91 Å². The summed E-state index contributed by atoms with van der Waals surface area (Å²) in [5.74, 6) is 1.51. The molecule has 0 aromatic carbocycles. The van der Waals surface area contributed by atoms with Crippen molar-refractivity contribution >= 4 is 5.91 Å². The van der Waals surface area contributed by atoms with Gasteiger partial charge >= 0.3 is 0 Å². The molecule has 0 saturated heterocycles. The molecular weight excluding hydrogens is 262 g/mol. The third-order valence-electron chi connectivity index (χ3n) is 4.47. The molecule has 2 aliphatic carbocycles. The second kappa shape index (κ2) is 6.66. The second-order valence-electron chi connectivity index (χ2n) is 8.01. The van der Waals surface area contributed by atoms with Crippen LogP contribution in [-0.2, 0) is 4.79 Å². The molecule has 0 spiro atoms. The first-order valence-electron chi connectivity index (χ1n) is 8.63. The summed E-state index contributed by atoms with van der Waals surface area (Å²) in [6, 6.07) is 0.512. The van der Waals surface area contributed by atoms with E-state index in [1.807, 2.05) is 0 Å². The molecule has 1 unspecified atom stereocenters. The molecule has 0 bridgehead atoms. The minimum Gasteiger partial charge on any atom is -0.368 e. The van der Waals surface area contributed by atoms with E-state index in [2.05, 4.69) is 37.9 Å². The van der Waals surface area contributed by atoms with Gasteiger partial charge in [-0.2, -0.15) is 0 Å². The van der Waals surface area contributed by atoms with Crippen molar-refractivity contribution in [2.75, 3.05) is 19.6 Å². The number of primary amides is 1. The molecule has 2 aliphatic rings. The first kappa shape index (κ1) is 16.8. The van der Waals surface area contributed by atoms with Gasteiger partial charge in [0.25, 0.3) is 0 Å². The lowest BCUT2D eigenvalue weighted by atomic mass is 9.90. The lowest BCUT2D eigenvalue weighted by molar-refractivity contribution is -0.126. The summed E-state index contributed by atoms with van der Waals surface area (Å²) in [6.07, 6.45) is 4.66. The lowest BCUT2D eigenvalue weighted by Gasteiger charge is -2.38. The number of carbonyl (C=O) groups excluding carboxylic acids is 1. The molecule has 0 radical (unpaired) electrons. The van der Waals surface area contributed by atoms with E-state index in [0.717, 1.165) is 32.5 Å². The number of nitrogens with zero attached hydrogens (tertiary/aromatic N) is 1. The Morgan fingerprint density at radius 1 is 1.14 bits per heavy atom. The summed E-state index contributed by atoms with van der Waals surface area (Å²) in [4.78, 5) is 14.8. The first-order chi connectivity index (χ1) is 9.83. The van der Waals surface area contributed by atoms with Gasteiger partial charge in [-0.3, -0.25) is 10.1 Å². The highest BCUT2D eigenvalue weighted by atomic mass is 16.1. The van der Waals surface area contributed by atoms with E-state index in [1.165, 1.54) is 12.8 Å². The summed E-state index contributed by atoms with van der Waals surface area (Å²) in [5.41, 5.74) is 5.38. The van der Waals surface area contributed by atoms with Gasteiger partial charge in [0.15, 0.2) is 0 Å². The summed E-state index contributed by atoms with van der Waals surface area (Å²) >= 11 is 0. The van der Waals surface area contributed by atoms with Crippen LogP contribution in [0.15, 0.2) is 0 Å². The van der Waals surface area contributed by atoms with Gasteiger partial charge in [-0.1, -0.05) is 27.7 Å². The molecule has 1 amide bonds. The van der Waals surface area contributed by atoms with Crippen LogP contribution in [0, 0.1) is 17.8 Å². The van der Waals surface area contributed by atoms with Gasteiger partial charge in [0, 0.05) is 25.7 Å². The van der Waals surface area contributed by atoms with Crippen LogP contribution in [0.3, 0.4) is 0 Å². The third kappa shape index (κ3) is 4.68. The van der Waals surface area contributed by atoms with Crippen LogP contribution < -0.4 is 11.1 Å². The van der Waals surface area contributed by atoms with Crippen molar-refractivity contribution in [2.45, 2.75) is 65.0 Å². The molecule has 4 nitrogen and oxygen atoms in total. The molecule has 2 saturated carbocycles. The average Bonchev–Trinajstić information content (AvgIpc) is 3.20.